The maximum absolute atomic E-state index is 12.0. The van der Waals surface area contributed by atoms with Gasteiger partial charge in [0.2, 0.25) is 6.19 Å². The second kappa shape index (κ2) is 8.39. The lowest BCUT2D eigenvalue weighted by Gasteiger charge is -2.04. The Morgan fingerprint density at radius 2 is 1.70 bits per heavy atom. The first-order valence-electron chi connectivity index (χ1n) is 8.20. The number of hydrogen-bond donors (Lipinski definition) is 1. The van der Waals surface area contributed by atoms with Crippen LogP contribution < -0.4 is 10.1 Å². The van der Waals surface area contributed by atoms with Gasteiger partial charge in [0.15, 0.2) is 5.17 Å². The van der Waals surface area contributed by atoms with Gasteiger partial charge in [0.1, 0.15) is 5.75 Å². The average molecular weight is 375 g/mol. The van der Waals surface area contributed by atoms with E-state index < -0.39 is 0 Å². The first-order valence-corrected chi connectivity index (χ1v) is 9.02. The Hall–Kier alpha value is -3.30. The number of benzene rings is 2. The Bertz CT molecular complexity index is 982. The maximum atomic E-state index is 12.0. The number of nitriles is 1. The molecule has 1 aliphatic heterocycles. The number of methoxy groups -OCH3 is 1. The summed E-state index contributed by atoms with van der Waals surface area (Å²) in [5, 5.41) is 11.5. The molecule has 1 N–H and O–H groups in total. The van der Waals surface area contributed by atoms with Crippen LogP contribution in [0.5, 0.6) is 5.75 Å². The fourth-order valence-electron chi connectivity index (χ4n) is 2.55. The number of allylic oxidation sites excluding steroid dienone is 1. The minimum Gasteiger partial charge on any atom is -0.497 e. The van der Waals surface area contributed by atoms with Crippen molar-refractivity contribution in [1.29, 1.82) is 5.26 Å². The van der Waals surface area contributed by atoms with Gasteiger partial charge >= 0.3 is 0 Å². The number of amidine groups is 1. The van der Waals surface area contributed by atoms with Crippen molar-refractivity contribution in [3.8, 4) is 11.9 Å². The average Bonchev–Trinajstić information content (AvgIpc) is 3.07. The molecule has 0 saturated carbocycles. The monoisotopic (exact) mass is 375 g/mol. The largest absolute Gasteiger partial charge is 0.497 e. The van der Waals surface area contributed by atoms with E-state index in [2.05, 4.69) is 10.3 Å². The van der Waals surface area contributed by atoms with Gasteiger partial charge < -0.3 is 4.74 Å². The predicted octanol–water partition coefficient (Wildman–Crippen LogP) is 4.30. The van der Waals surface area contributed by atoms with Gasteiger partial charge in [-0.2, -0.15) is 5.26 Å². The van der Waals surface area contributed by atoms with E-state index in [0.717, 1.165) is 28.0 Å². The van der Waals surface area contributed by atoms with E-state index in [9.17, 15) is 4.79 Å². The molecule has 1 aliphatic rings. The number of nitrogens with one attached hydrogen (secondary N) is 1. The Morgan fingerprint density at radius 1 is 1.11 bits per heavy atom. The van der Waals surface area contributed by atoms with Crippen molar-refractivity contribution in [3.05, 3.63) is 70.1 Å². The fourth-order valence-corrected chi connectivity index (χ4v) is 3.39. The van der Waals surface area contributed by atoms with Gasteiger partial charge in [-0.05, 0) is 53.1 Å². The summed E-state index contributed by atoms with van der Waals surface area (Å²) in [5.74, 6) is 0.604. The van der Waals surface area contributed by atoms with E-state index in [1.165, 1.54) is 11.8 Å². The Morgan fingerprint density at radius 3 is 2.26 bits per heavy atom. The van der Waals surface area contributed by atoms with E-state index in [1.54, 1.807) is 13.3 Å². The van der Waals surface area contributed by atoms with E-state index >= 15 is 0 Å². The quantitative estimate of drug-likeness (QED) is 0.491. The Balaban J connectivity index is 1.76. The van der Waals surface area contributed by atoms with Gasteiger partial charge in [0.05, 0.1) is 12.0 Å². The summed E-state index contributed by atoms with van der Waals surface area (Å²) in [5.41, 5.74) is 3.95. The smallest absolute Gasteiger partial charge is 0.264 e. The van der Waals surface area contributed by atoms with Gasteiger partial charge in [-0.3, -0.25) is 10.1 Å². The lowest BCUT2D eigenvalue weighted by atomic mass is 10.0. The molecule has 0 aromatic heterocycles. The second-order valence-corrected chi connectivity index (χ2v) is 6.75. The number of nitrogens with zero attached hydrogens (tertiary/aromatic N) is 2. The van der Waals surface area contributed by atoms with Gasteiger partial charge in [-0.1, -0.05) is 48.6 Å². The Labute approximate surface area is 162 Å². The fraction of sp³-hybridized carbons (Fsp3) is 0.0952. The first-order chi connectivity index (χ1) is 13.1. The van der Waals surface area contributed by atoms with Gasteiger partial charge in [0.25, 0.3) is 5.91 Å². The molecule has 5 nitrogen and oxygen atoms in total. The number of aliphatic imine (C=N–C) groups is 1. The van der Waals surface area contributed by atoms with Crippen molar-refractivity contribution in [3.63, 3.8) is 0 Å². The zero-order chi connectivity index (χ0) is 19.2. The molecular formula is C21H17N3O2S. The molecule has 27 heavy (non-hydrogen) atoms. The van der Waals surface area contributed by atoms with Crippen molar-refractivity contribution in [1.82, 2.24) is 5.32 Å². The van der Waals surface area contributed by atoms with Crippen LogP contribution in [-0.2, 0) is 4.79 Å². The highest BCUT2D eigenvalue weighted by Gasteiger charge is 2.26. The molecule has 0 unspecified atom stereocenters. The highest BCUT2D eigenvalue weighted by Crippen LogP contribution is 2.31. The third-order valence-electron chi connectivity index (χ3n) is 4.05. The number of amides is 1. The minimum atomic E-state index is -0.227. The van der Waals surface area contributed by atoms with E-state index in [-0.39, 0.29) is 5.91 Å². The molecule has 0 aliphatic carbocycles. The van der Waals surface area contributed by atoms with Crippen LogP contribution in [0.25, 0.3) is 17.7 Å². The molecule has 1 fully saturated rings. The zero-order valence-electron chi connectivity index (χ0n) is 14.9. The second-order valence-electron chi connectivity index (χ2n) is 5.76. The molecule has 0 atom stereocenters. The van der Waals surface area contributed by atoms with Crippen LogP contribution in [-0.4, -0.2) is 18.2 Å². The van der Waals surface area contributed by atoms with Crippen LogP contribution in [0.2, 0.25) is 0 Å². The Kier molecular flexibility index (Phi) is 5.74. The van der Waals surface area contributed by atoms with E-state index in [0.29, 0.717) is 10.1 Å². The van der Waals surface area contributed by atoms with Crippen molar-refractivity contribution in [2.24, 2.45) is 4.99 Å². The number of carbonyl (C=O) groups excluding carboxylic acids is 1. The third kappa shape index (κ3) is 4.46. The number of ether oxygens (including phenoxy) is 1. The molecule has 134 valence electrons. The van der Waals surface area contributed by atoms with Crippen molar-refractivity contribution >= 4 is 40.6 Å². The van der Waals surface area contributed by atoms with Crippen molar-refractivity contribution in [2.45, 2.75) is 6.92 Å². The highest BCUT2D eigenvalue weighted by atomic mass is 32.2. The van der Waals surface area contributed by atoms with Crippen LogP contribution in [0.1, 0.15) is 23.6 Å². The molecule has 3 rings (SSSR count). The third-order valence-corrected chi connectivity index (χ3v) is 5.13. The van der Waals surface area contributed by atoms with Crippen molar-refractivity contribution < 1.29 is 9.53 Å². The summed E-state index contributed by atoms with van der Waals surface area (Å²) in [6.45, 7) is 1.89. The molecule has 1 saturated heterocycles. The van der Waals surface area contributed by atoms with E-state index in [1.807, 2.05) is 67.6 Å². The number of carbonyl (C=O) groups is 1. The summed E-state index contributed by atoms with van der Waals surface area (Å²) in [4.78, 5) is 16.2. The minimum absolute atomic E-state index is 0.227. The summed E-state index contributed by atoms with van der Waals surface area (Å²) in [6, 6.07) is 15.8. The van der Waals surface area contributed by atoms with Crippen LogP contribution in [0, 0.1) is 11.5 Å². The first kappa shape index (κ1) is 18.5. The molecule has 2 aromatic rings. The molecule has 0 spiro atoms. The molecule has 2 aromatic carbocycles. The maximum Gasteiger partial charge on any atom is 0.264 e. The highest BCUT2D eigenvalue weighted by molar-refractivity contribution is 8.18. The van der Waals surface area contributed by atoms with Gasteiger partial charge in [0, 0.05) is 0 Å². The molecule has 6 heteroatoms. The lowest BCUT2D eigenvalue weighted by molar-refractivity contribution is -0.115. The van der Waals surface area contributed by atoms with Crippen molar-refractivity contribution in [2.75, 3.05) is 7.11 Å². The van der Waals surface area contributed by atoms with Gasteiger partial charge in [-0.25, -0.2) is 0 Å². The lowest BCUT2D eigenvalue weighted by Crippen LogP contribution is -2.19. The van der Waals surface area contributed by atoms with Crippen LogP contribution >= 0.6 is 11.8 Å². The predicted molar refractivity (Wildman–Crippen MR) is 110 cm³/mol. The molecular weight excluding hydrogens is 358 g/mol. The van der Waals surface area contributed by atoms with E-state index in [4.69, 9.17) is 10.00 Å². The van der Waals surface area contributed by atoms with Gasteiger partial charge in [-0.15, -0.1) is 4.99 Å². The molecule has 0 radical (unpaired) electrons. The van der Waals surface area contributed by atoms with Crippen LogP contribution in [0.4, 0.5) is 0 Å². The summed E-state index contributed by atoms with van der Waals surface area (Å²) in [7, 11) is 1.65. The topological polar surface area (TPSA) is 74.5 Å². The van der Waals surface area contributed by atoms with Crippen LogP contribution in [0.15, 0.2) is 58.4 Å². The summed E-state index contributed by atoms with van der Waals surface area (Å²) < 4.78 is 5.16. The molecule has 1 heterocycles. The van der Waals surface area contributed by atoms with Crippen LogP contribution in [0.3, 0.4) is 0 Å². The summed E-state index contributed by atoms with van der Waals surface area (Å²) in [6.07, 6.45) is 5.75. The SMILES string of the molecule is COc1ccc(/C=C/c2ccc(C(C)=C3SC(=NC#N)NC3=O)cc2)cc1. The molecule has 1 amide bonds. The summed E-state index contributed by atoms with van der Waals surface area (Å²) >= 11 is 1.18. The zero-order valence-corrected chi connectivity index (χ0v) is 15.7. The number of hydrogen-bond acceptors (Lipinski definition) is 5. The standard InChI is InChI=1S/C21H17N3O2S/c1-14(19-20(25)24-21(27-19)23-13-22)17-9-5-15(6-10-17)3-4-16-7-11-18(26-2)12-8-16/h3-12H,1-2H3,(H,23,24,25)/b4-3+,19-14?. The molecule has 0 bridgehead atoms. The number of rotatable bonds is 4. The normalized spacial score (nSPS) is 17.1. The number of thioether (sulfide) groups is 1.